The van der Waals surface area contributed by atoms with E-state index in [1.165, 1.54) is 0 Å². The van der Waals surface area contributed by atoms with Gasteiger partial charge in [-0.05, 0) is 43.6 Å². The van der Waals surface area contributed by atoms with Gasteiger partial charge in [-0.15, -0.1) is 0 Å². The monoisotopic (exact) mass is 274 g/mol. The third kappa shape index (κ3) is 2.40. The van der Waals surface area contributed by atoms with Gasteiger partial charge in [0, 0.05) is 6.04 Å². The van der Waals surface area contributed by atoms with E-state index in [9.17, 15) is 4.79 Å². The Kier molecular flexibility index (Phi) is 3.90. The summed E-state index contributed by atoms with van der Waals surface area (Å²) in [6, 6.07) is 0.226. The lowest BCUT2D eigenvalue weighted by atomic mass is 10.2. The van der Waals surface area contributed by atoms with Crippen molar-refractivity contribution >= 4 is 21.9 Å². The zero-order chi connectivity index (χ0) is 11.6. The molecule has 0 bridgehead atoms. The van der Waals surface area contributed by atoms with E-state index in [-0.39, 0.29) is 12.0 Å². The van der Waals surface area contributed by atoms with Crippen molar-refractivity contribution in [3.8, 4) is 0 Å². The molecule has 5 heteroatoms. The maximum Gasteiger partial charge on any atom is 0.342 e. The number of nitrogens with zero attached hydrogens (tertiary/aromatic N) is 2. The number of aromatic nitrogens is 2. The van der Waals surface area contributed by atoms with Crippen LogP contribution in [0.1, 0.15) is 42.9 Å². The molecule has 4 nitrogen and oxygen atoms in total. The first-order valence-corrected chi connectivity index (χ1v) is 5.70. The van der Waals surface area contributed by atoms with Gasteiger partial charge in [-0.2, -0.15) is 5.10 Å². The van der Waals surface area contributed by atoms with E-state index in [4.69, 9.17) is 4.74 Å². The topological polar surface area (TPSA) is 44.1 Å². The van der Waals surface area contributed by atoms with Crippen LogP contribution in [0.2, 0.25) is 0 Å². The molecule has 0 fully saturated rings. The van der Waals surface area contributed by atoms with Gasteiger partial charge < -0.3 is 4.74 Å². The molecule has 0 saturated heterocycles. The minimum Gasteiger partial charge on any atom is -0.462 e. The van der Waals surface area contributed by atoms with Crippen molar-refractivity contribution in [1.82, 2.24) is 9.78 Å². The minimum absolute atomic E-state index is 0.226. The number of esters is 1. The average molecular weight is 275 g/mol. The molecule has 1 heterocycles. The maximum atomic E-state index is 11.6. The van der Waals surface area contributed by atoms with Gasteiger partial charge in [0.05, 0.1) is 12.3 Å². The lowest BCUT2D eigenvalue weighted by Crippen LogP contribution is -2.09. The van der Waals surface area contributed by atoms with Crippen molar-refractivity contribution < 1.29 is 9.53 Å². The first-order chi connectivity index (χ1) is 6.99. The van der Waals surface area contributed by atoms with E-state index >= 15 is 0 Å². The number of carbonyl (C=O) groups is 1. The minimum atomic E-state index is -0.325. The molecule has 0 aromatic carbocycles. The third-order valence-corrected chi connectivity index (χ3v) is 2.63. The van der Waals surface area contributed by atoms with Gasteiger partial charge in [-0.1, -0.05) is 0 Å². The van der Waals surface area contributed by atoms with Crippen molar-refractivity contribution in [3.05, 3.63) is 15.9 Å². The Bertz CT molecular complexity index is 372. The predicted molar refractivity (Wildman–Crippen MR) is 61.0 cm³/mol. The largest absolute Gasteiger partial charge is 0.462 e. The van der Waals surface area contributed by atoms with Crippen LogP contribution >= 0.6 is 15.9 Å². The Hall–Kier alpha value is -0.840. The van der Waals surface area contributed by atoms with Crippen molar-refractivity contribution in [2.45, 2.75) is 33.7 Å². The number of rotatable bonds is 3. The van der Waals surface area contributed by atoms with E-state index < -0.39 is 0 Å². The molecule has 1 rings (SSSR count). The van der Waals surface area contributed by atoms with Gasteiger partial charge in [0.2, 0.25) is 0 Å². The molecular formula is C10H15BrN2O2. The highest BCUT2D eigenvalue weighted by atomic mass is 79.9. The van der Waals surface area contributed by atoms with Crippen LogP contribution in [0, 0.1) is 6.92 Å². The lowest BCUT2D eigenvalue weighted by Gasteiger charge is -2.08. The van der Waals surface area contributed by atoms with E-state index in [1.807, 2.05) is 20.8 Å². The fraction of sp³-hybridized carbons (Fsp3) is 0.600. The van der Waals surface area contributed by atoms with Crippen molar-refractivity contribution in [2.75, 3.05) is 6.61 Å². The number of halogens is 1. The molecule has 0 N–H and O–H groups in total. The molecule has 1 aromatic rings. The molecule has 0 unspecified atom stereocenters. The smallest absolute Gasteiger partial charge is 0.342 e. The van der Waals surface area contributed by atoms with Crippen molar-refractivity contribution in [3.63, 3.8) is 0 Å². The van der Waals surface area contributed by atoms with Crippen molar-refractivity contribution in [2.24, 2.45) is 0 Å². The number of hydrogen-bond acceptors (Lipinski definition) is 3. The van der Waals surface area contributed by atoms with Crippen LogP contribution in [0.15, 0.2) is 4.60 Å². The van der Waals surface area contributed by atoms with Crippen LogP contribution in [0.25, 0.3) is 0 Å². The fourth-order valence-electron chi connectivity index (χ4n) is 1.42. The summed E-state index contributed by atoms with van der Waals surface area (Å²) >= 11 is 3.27. The first-order valence-electron chi connectivity index (χ1n) is 4.90. The van der Waals surface area contributed by atoms with Gasteiger partial charge >= 0.3 is 5.97 Å². The Balaban J connectivity index is 3.13. The molecule has 0 radical (unpaired) electrons. The summed E-state index contributed by atoms with van der Waals surface area (Å²) in [4.78, 5) is 11.6. The van der Waals surface area contributed by atoms with Crippen LogP contribution in [-0.2, 0) is 4.74 Å². The first kappa shape index (κ1) is 12.2. The zero-order valence-corrected chi connectivity index (χ0v) is 11.0. The van der Waals surface area contributed by atoms with Crippen molar-refractivity contribution in [1.29, 1.82) is 0 Å². The second kappa shape index (κ2) is 4.79. The summed E-state index contributed by atoms with van der Waals surface area (Å²) in [7, 11) is 0. The van der Waals surface area contributed by atoms with Crippen LogP contribution < -0.4 is 0 Å². The molecule has 15 heavy (non-hydrogen) atoms. The molecule has 84 valence electrons. The number of hydrogen-bond donors (Lipinski definition) is 0. The van der Waals surface area contributed by atoms with Crippen LogP contribution in [0.5, 0.6) is 0 Å². The fourth-order valence-corrected chi connectivity index (χ4v) is 2.04. The summed E-state index contributed by atoms with van der Waals surface area (Å²) in [6.45, 7) is 8.05. The summed E-state index contributed by atoms with van der Waals surface area (Å²) in [6.07, 6.45) is 0. The Morgan fingerprint density at radius 1 is 1.60 bits per heavy atom. The van der Waals surface area contributed by atoms with Crippen LogP contribution in [0.3, 0.4) is 0 Å². The van der Waals surface area contributed by atoms with E-state index in [1.54, 1.807) is 11.6 Å². The zero-order valence-electron chi connectivity index (χ0n) is 9.37. The highest BCUT2D eigenvalue weighted by Crippen LogP contribution is 2.22. The third-order valence-electron chi connectivity index (χ3n) is 2.08. The van der Waals surface area contributed by atoms with Crippen LogP contribution in [0.4, 0.5) is 0 Å². The molecular weight excluding hydrogens is 260 g/mol. The van der Waals surface area contributed by atoms with Gasteiger partial charge in [0.25, 0.3) is 0 Å². The highest BCUT2D eigenvalue weighted by molar-refractivity contribution is 9.10. The van der Waals surface area contributed by atoms with E-state index in [2.05, 4.69) is 21.0 Å². The average Bonchev–Trinajstić information content (AvgIpc) is 2.42. The van der Waals surface area contributed by atoms with Crippen LogP contribution in [-0.4, -0.2) is 22.4 Å². The van der Waals surface area contributed by atoms with Gasteiger partial charge in [-0.25, -0.2) is 4.79 Å². The molecule has 0 atom stereocenters. The molecule has 0 aliphatic rings. The molecule has 0 spiro atoms. The molecule has 1 aromatic heterocycles. The normalized spacial score (nSPS) is 10.8. The van der Waals surface area contributed by atoms with Gasteiger partial charge in [0.15, 0.2) is 0 Å². The second-order valence-electron chi connectivity index (χ2n) is 3.51. The highest BCUT2D eigenvalue weighted by Gasteiger charge is 2.21. The van der Waals surface area contributed by atoms with Gasteiger partial charge in [0.1, 0.15) is 10.2 Å². The SMILES string of the molecule is CCOC(=O)c1c(Br)nn(C(C)C)c1C. The second-order valence-corrected chi connectivity index (χ2v) is 4.26. The lowest BCUT2D eigenvalue weighted by molar-refractivity contribution is 0.0524. The Morgan fingerprint density at radius 3 is 2.60 bits per heavy atom. The summed E-state index contributed by atoms with van der Waals surface area (Å²) in [5.41, 5.74) is 1.35. The summed E-state index contributed by atoms with van der Waals surface area (Å²) in [5.74, 6) is -0.325. The van der Waals surface area contributed by atoms with Gasteiger partial charge in [-0.3, -0.25) is 4.68 Å². The quantitative estimate of drug-likeness (QED) is 0.797. The summed E-state index contributed by atoms with van der Waals surface area (Å²) < 4.78 is 7.31. The standard InChI is InChI=1S/C10H15BrN2O2/c1-5-15-10(14)8-7(4)13(6(2)3)12-9(8)11/h6H,5H2,1-4H3. The summed E-state index contributed by atoms with van der Waals surface area (Å²) in [5, 5.41) is 4.25. The molecule has 0 saturated carbocycles. The molecule has 0 amide bonds. The van der Waals surface area contributed by atoms with E-state index in [0.717, 1.165) is 5.69 Å². The number of carbonyl (C=O) groups excluding carboxylic acids is 1. The predicted octanol–water partition coefficient (Wildman–Crippen LogP) is 2.71. The number of ether oxygens (including phenoxy) is 1. The van der Waals surface area contributed by atoms with E-state index in [0.29, 0.717) is 16.8 Å². The maximum absolute atomic E-state index is 11.6. The molecule has 0 aliphatic heterocycles. The molecule has 0 aliphatic carbocycles. The Morgan fingerprint density at radius 2 is 2.20 bits per heavy atom. The Labute approximate surface area is 97.7 Å².